The van der Waals surface area contributed by atoms with E-state index in [2.05, 4.69) is 10.3 Å². The zero-order chi connectivity index (χ0) is 6.69. The maximum atomic E-state index is 7.09. The highest BCUT2D eigenvalue weighted by molar-refractivity contribution is 5.31. The molecule has 0 aliphatic rings. The van der Waals surface area contributed by atoms with Crippen molar-refractivity contribution < 1.29 is 1.37 Å². The van der Waals surface area contributed by atoms with E-state index in [1.54, 1.807) is 19.2 Å². The van der Waals surface area contributed by atoms with Gasteiger partial charge in [-0.1, -0.05) is 6.07 Å². The van der Waals surface area contributed by atoms with Crippen LogP contribution >= 0.6 is 0 Å². The minimum absolute atomic E-state index is 0.293. The molecule has 1 rings (SSSR count). The predicted octanol–water partition coefficient (Wildman–Crippen LogP) is 1.12. The fraction of sp³-hybridized carbons (Fsp3) is 0.167. The van der Waals surface area contributed by atoms with Gasteiger partial charge >= 0.3 is 0 Å². The molecule has 0 saturated heterocycles. The maximum Gasteiger partial charge on any atom is 0.125 e. The fourth-order valence-electron chi connectivity index (χ4n) is 0.466. The highest BCUT2D eigenvalue weighted by Crippen LogP contribution is 1.95. The summed E-state index contributed by atoms with van der Waals surface area (Å²) in [6.07, 6.45) is 0.293. The Morgan fingerprint density at radius 3 is 3.12 bits per heavy atom. The lowest BCUT2D eigenvalue weighted by Gasteiger charge is -1.92. The maximum absolute atomic E-state index is 7.09. The lowest BCUT2D eigenvalue weighted by Crippen LogP contribution is -1.88. The zero-order valence-corrected chi connectivity index (χ0v) is 4.68. The summed E-state index contributed by atoms with van der Waals surface area (Å²) < 4.78 is 7.09. The summed E-state index contributed by atoms with van der Waals surface area (Å²) in [6, 6.07) is 5.25. The van der Waals surface area contributed by atoms with Crippen molar-refractivity contribution in [2.24, 2.45) is 0 Å². The number of rotatable bonds is 1. The molecule has 1 heterocycles. The smallest absolute Gasteiger partial charge is 0.125 e. The molecule has 0 spiro atoms. The van der Waals surface area contributed by atoms with Crippen LogP contribution in [0.4, 0.5) is 5.82 Å². The van der Waals surface area contributed by atoms with Crippen LogP contribution in [0.25, 0.3) is 0 Å². The Kier molecular flexibility index (Phi) is 1.12. The lowest BCUT2D eigenvalue weighted by atomic mass is 10.5. The molecule has 0 fully saturated rings. The second-order valence-corrected chi connectivity index (χ2v) is 1.40. The van der Waals surface area contributed by atoms with E-state index in [4.69, 9.17) is 1.37 Å². The minimum atomic E-state index is 0.293. The van der Waals surface area contributed by atoms with E-state index in [1.807, 2.05) is 6.07 Å². The molecule has 0 unspecified atom stereocenters. The molecule has 8 heavy (non-hydrogen) atoms. The molecule has 0 aromatic carbocycles. The topological polar surface area (TPSA) is 24.9 Å². The molecule has 1 aromatic heterocycles. The summed E-state index contributed by atoms with van der Waals surface area (Å²) >= 11 is 0. The first-order chi connectivity index (χ1) is 4.33. The van der Waals surface area contributed by atoms with Gasteiger partial charge in [0.05, 0.1) is 1.37 Å². The highest BCUT2D eigenvalue weighted by atomic mass is 14.9. The number of nitrogens with zero attached hydrogens (tertiary/aromatic N) is 1. The van der Waals surface area contributed by atoms with Gasteiger partial charge in [0.25, 0.3) is 0 Å². The van der Waals surface area contributed by atoms with Crippen molar-refractivity contribution in [2.75, 3.05) is 12.4 Å². The van der Waals surface area contributed by atoms with E-state index in [-0.39, 0.29) is 0 Å². The van der Waals surface area contributed by atoms with Crippen LogP contribution in [0.2, 0.25) is 0 Å². The molecule has 2 nitrogen and oxygen atoms in total. The SMILES string of the molecule is [2H]c1cccc(NC)n1. The molecule has 0 aliphatic heterocycles. The number of anilines is 1. The van der Waals surface area contributed by atoms with Gasteiger partial charge in [0.15, 0.2) is 0 Å². The molecular weight excluding hydrogens is 100 g/mol. The number of hydrogen-bond acceptors (Lipinski definition) is 2. The monoisotopic (exact) mass is 109 g/mol. The Balaban J connectivity index is 2.94. The Bertz CT molecular complexity index is 200. The van der Waals surface area contributed by atoms with Gasteiger partial charge in [-0.2, -0.15) is 0 Å². The number of hydrogen-bond donors (Lipinski definition) is 1. The Labute approximate surface area is 50.0 Å². The standard InChI is InChI=1S/C6H8N2/c1-7-6-4-2-3-5-8-6/h2-5H,1H3,(H,7,8)/i5D. The first kappa shape index (κ1) is 3.89. The van der Waals surface area contributed by atoms with E-state index in [9.17, 15) is 0 Å². The van der Waals surface area contributed by atoms with E-state index >= 15 is 0 Å². The number of pyridine rings is 1. The van der Waals surface area contributed by atoms with Crippen LogP contribution < -0.4 is 5.32 Å². The summed E-state index contributed by atoms with van der Waals surface area (Å²) in [5.41, 5.74) is 0. The van der Waals surface area contributed by atoms with Gasteiger partial charge in [0, 0.05) is 13.2 Å². The Hall–Kier alpha value is -1.05. The van der Waals surface area contributed by atoms with Crippen LogP contribution in [-0.2, 0) is 0 Å². The lowest BCUT2D eigenvalue weighted by molar-refractivity contribution is 1.29. The summed E-state index contributed by atoms with van der Waals surface area (Å²) in [7, 11) is 1.78. The van der Waals surface area contributed by atoms with Gasteiger partial charge in [-0.05, 0) is 12.1 Å². The van der Waals surface area contributed by atoms with E-state index in [1.165, 1.54) is 0 Å². The average Bonchev–Trinajstić information content (AvgIpc) is 1.88. The third-order valence-corrected chi connectivity index (χ3v) is 0.866. The van der Waals surface area contributed by atoms with Gasteiger partial charge in [-0.15, -0.1) is 0 Å². The molecule has 0 bridgehead atoms. The van der Waals surface area contributed by atoms with Crippen molar-refractivity contribution in [3.8, 4) is 0 Å². The molecule has 1 aromatic rings. The van der Waals surface area contributed by atoms with Gasteiger partial charge < -0.3 is 5.32 Å². The quantitative estimate of drug-likeness (QED) is 0.584. The molecule has 42 valence electrons. The second kappa shape index (κ2) is 2.31. The molecule has 1 N–H and O–H groups in total. The molecular formula is C6H8N2. The second-order valence-electron chi connectivity index (χ2n) is 1.40. The van der Waals surface area contributed by atoms with Crippen LogP contribution in [0.3, 0.4) is 0 Å². The largest absolute Gasteiger partial charge is 0.373 e. The zero-order valence-electron chi connectivity index (χ0n) is 5.68. The highest BCUT2D eigenvalue weighted by Gasteiger charge is 1.79. The third-order valence-electron chi connectivity index (χ3n) is 0.866. The van der Waals surface area contributed by atoms with Crippen molar-refractivity contribution in [1.29, 1.82) is 0 Å². The molecule has 0 radical (unpaired) electrons. The van der Waals surface area contributed by atoms with Crippen LogP contribution in [-0.4, -0.2) is 12.0 Å². The minimum Gasteiger partial charge on any atom is -0.373 e. The Morgan fingerprint density at radius 1 is 1.75 bits per heavy atom. The molecule has 0 amide bonds. The van der Waals surface area contributed by atoms with Crippen LogP contribution in [0.1, 0.15) is 1.37 Å². The van der Waals surface area contributed by atoms with Gasteiger partial charge in [-0.25, -0.2) is 4.98 Å². The van der Waals surface area contributed by atoms with Crippen molar-refractivity contribution in [1.82, 2.24) is 4.98 Å². The summed E-state index contributed by atoms with van der Waals surface area (Å²) in [5.74, 6) is 0.738. The van der Waals surface area contributed by atoms with Crippen LogP contribution in [0, 0.1) is 0 Å². The Morgan fingerprint density at radius 2 is 2.62 bits per heavy atom. The third kappa shape index (κ3) is 0.964. The van der Waals surface area contributed by atoms with E-state index in [0.29, 0.717) is 6.17 Å². The normalized spacial score (nSPS) is 10.4. The van der Waals surface area contributed by atoms with Crippen molar-refractivity contribution in [2.45, 2.75) is 0 Å². The predicted molar refractivity (Wildman–Crippen MR) is 33.8 cm³/mol. The van der Waals surface area contributed by atoms with E-state index in [0.717, 1.165) is 5.82 Å². The number of nitrogens with one attached hydrogen (secondary N) is 1. The summed E-state index contributed by atoms with van der Waals surface area (Å²) in [6.45, 7) is 0. The average molecular weight is 109 g/mol. The fourth-order valence-corrected chi connectivity index (χ4v) is 0.466. The van der Waals surface area contributed by atoms with Gasteiger partial charge in [0.2, 0.25) is 0 Å². The van der Waals surface area contributed by atoms with Crippen molar-refractivity contribution in [3.05, 3.63) is 24.4 Å². The van der Waals surface area contributed by atoms with Crippen molar-refractivity contribution in [3.63, 3.8) is 0 Å². The van der Waals surface area contributed by atoms with Crippen molar-refractivity contribution >= 4 is 5.82 Å². The van der Waals surface area contributed by atoms with Crippen LogP contribution in [0.15, 0.2) is 24.4 Å². The first-order valence-electron chi connectivity index (χ1n) is 2.94. The van der Waals surface area contributed by atoms with Gasteiger partial charge in [0.1, 0.15) is 5.82 Å². The molecule has 2 heteroatoms. The first-order valence-corrected chi connectivity index (χ1v) is 2.44. The number of aromatic nitrogens is 1. The summed E-state index contributed by atoms with van der Waals surface area (Å²) in [5, 5.41) is 2.84. The van der Waals surface area contributed by atoms with Crippen LogP contribution in [0.5, 0.6) is 0 Å². The molecule has 0 saturated carbocycles. The molecule has 0 atom stereocenters. The summed E-state index contributed by atoms with van der Waals surface area (Å²) in [4.78, 5) is 3.85. The molecule has 0 aliphatic carbocycles. The van der Waals surface area contributed by atoms with Gasteiger partial charge in [-0.3, -0.25) is 0 Å². The van der Waals surface area contributed by atoms with E-state index < -0.39 is 0 Å².